The van der Waals surface area contributed by atoms with Crippen molar-refractivity contribution in [2.24, 2.45) is 4.99 Å². The Morgan fingerprint density at radius 2 is 1.65 bits per heavy atom. The third-order valence-electron chi connectivity index (χ3n) is 4.42. The van der Waals surface area contributed by atoms with Gasteiger partial charge in [-0.15, -0.1) is 0 Å². The number of ketones is 1. The SMILES string of the molecule is COc1ccc(N=C(C=C([O-])c2ccc(Cl)cc2)SC(C)C(=O)c2ccccc2)cc1. The number of methoxy groups -OCH3 is 1. The van der Waals surface area contributed by atoms with Crippen molar-refractivity contribution >= 4 is 45.6 Å². The van der Waals surface area contributed by atoms with Gasteiger partial charge in [0.15, 0.2) is 5.78 Å². The van der Waals surface area contributed by atoms with E-state index in [1.165, 1.54) is 17.8 Å². The van der Waals surface area contributed by atoms with Gasteiger partial charge in [0.2, 0.25) is 0 Å². The summed E-state index contributed by atoms with van der Waals surface area (Å²) < 4.78 is 5.18. The molecule has 0 spiro atoms. The maximum absolute atomic E-state index is 12.8. The molecule has 0 saturated carbocycles. The molecule has 6 heteroatoms. The van der Waals surface area contributed by atoms with Crippen LogP contribution in [0, 0.1) is 0 Å². The molecule has 31 heavy (non-hydrogen) atoms. The van der Waals surface area contributed by atoms with Crippen molar-refractivity contribution in [1.82, 2.24) is 0 Å². The van der Waals surface area contributed by atoms with E-state index in [0.717, 1.165) is 0 Å². The van der Waals surface area contributed by atoms with Gasteiger partial charge in [0.25, 0.3) is 0 Å². The molecule has 0 fully saturated rings. The van der Waals surface area contributed by atoms with Crippen molar-refractivity contribution in [3.63, 3.8) is 0 Å². The first-order chi connectivity index (χ1) is 15.0. The number of benzene rings is 3. The molecule has 4 nitrogen and oxygen atoms in total. The van der Waals surface area contributed by atoms with Crippen molar-refractivity contribution in [3.05, 3.63) is 101 Å². The summed E-state index contributed by atoms with van der Waals surface area (Å²) >= 11 is 7.16. The molecule has 0 aliphatic rings. The number of thioether (sulfide) groups is 1. The van der Waals surface area contributed by atoms with Crippen molar-refractivity contribution in [2.75, 3.05) is 7.11 Å². The highest BCUT2D eigenvalue weighted by atomic mass is 35.5. The van der Waals surface area contributed by atoms with E-state index in [0.29, 0.717) is 32.6 Å². The first-order valence-corrected chi connectivity index (χ1v) is 10.9. The van der Waals surface area contributed by atoms with E-state index in [1.54, 1.807) is 67.8 Å². The van der Waals surface area contributed by atoms with E-state index in [1.807, 2.05) is 25.1 Å². The van der Waals surface area contributed by atoms with Crippen molar-refractivity contribution < 1.29 is 14.6 Å². The van der Waals surface area contributed by atoms with E-state index in [4.69, 9.17) is 16.3 Å². The topological polar surface area (TPSA) is 61.7 Å². The maximum Gasteiger partial charge on any atom is 0.175 e. The zero-order valence-corrected chi connectivity index (χ0v) is 18.7. The second-order valence-electron chi connectivity index (χ2n) is 6.65. The minimum atomic E-state index is -0.423. The van der Waals surface area contributed by atoms with Crippen LogP contribution in [0.2, 0.25) is 5.02 Å². The number of carbonyl (C=O) groups is 1. The van der Waals surface area contributed by atoms with Crippen LogP contribution in [0.25, 0.3) is 5.76 Å². The number of ether oxygens (including phenoxy) is 1. The first-order valence-electron chi connectivity index (χ1n) is 9.59. The molecule has 3 aromatic rings. The lowest BCUT2D eigenvalue weighted by atomic mass is 10.1. The third-order valence-corrected chi connectivity index (χ3v) is 5.69. The van der Waals surface area contributed by atoms with Gasteiger partial charge >= 0.3 is 0 Å². The fourth-order valence-corrected chi connectivity index (χ4v) is 3.82. The standard InChI is InChI=1S/C25H22ClNO3S/c1-17(25(29)19-6-4-3-5-7-19)31-24(27-21-12-14-22(30-2)15-13-21)16-23(28)18-8-10-20(26)11-9-18/h3-17,28H,1-2H3/p-1. The summed E-state index contributed by atoms with van der Waals surface area (Å²) in [6.45, 7) is 1.81. The fourth-order valence-electron chi connectivity index (χ4n) is 2.76. The van der Waals surface area contributed by atoms with Crippen molar-refractivity contribution in [1.29, 1.82) is 0 Å². The molecular formula is C25H21ClNO3S-. The second kappa shape index (κ2) is 10.8. The van der Waals surface area contributed by atoms with E-state index in [9.17, 15) is 9.90 Å². The predicted octanol–water partition coefficient (Wildman–Crippen LogP) is 5.78. The molecule has 0 heterocycles. The largest absolute Gasteiger partial charge is 0.872 e. The average molecular weight is 451 g/mol. The Labute approximate surface area is 191 Å². The van der Waals surface area contributed by atoms with Crippen LogP contribution in [-0.2, 0) is 0 Å². The Kier molecular flexibility index (Phi) is 7.93. The van der Waals surface area contributed by atoms with Crippen LogP contribution in [0.4, 0.5) is 5.69 Å². The molecular weight excluding hydrogens is 430 g/mol. The Morgan fingerprint density at radius 1 is 1.00 bits per heavy atom. The summed E-state index contributed by atoms with van der Waals surface area (Å²) in [4.78, 5) is 17.4. The van der Waals surface area contributed by atoms with Crippen LogP contribution < -0.4 is 9.84 Å². The van der Waals surface area contributed by atoms with Crippen LogP contribution in [-0.4, -0.2) is 23.2 Å². The number of Topliss-reactive ketones (excluding diaryl/α,β-unsaturated/α-hetero) is 1. The molecule has 0 aliphatic heterocycles. The normalized spacial score (nSPS) is 13.0. The molecule has 0 aromatic heterocycles. The van der Waals surface area contributed by atoms with Gasteiger partial charge in [0.1, 0.15) is 5.75 Å². The Balaban J connectivity index is 1.91. The summed E-state index contributed by atoms with van der Waals surface area (Å²) in [5.41, 5.74) is 1.77. The van der Waals surface area contributed by atoms with Crippen LogP contribution >= 0.6 is 23.4 Å². The molecule has 0 radical (unpaired) electrons. The number of hydrogen-bond donors (Lipinski definition) is 0. The monoisotopic (exact) mass is 450 g/mol. The Bertz CT molecular complexity index is 1080. The van der Waals surface area contributed by atoms with Gasteiger partial charge in [-0.1, -0.05) is 71.6 Å². The summed E-state index contributed by atoms with van der Waals surface area (Å²) in [5, 5.41) is 13.4. The zero-order valence-electron chi connectivity index (χ0n) is 17.1. The lowest BCUT2D eigenvalue weighted by Crippen LogP contribution is -2.16. The molecule has 158 valence electrons. The molecule has 0 N–H and O–H groups in total. The average Bonchev–Trinajstić information content (AvgIpc) is 2.80. The quantitative estimate of drug-likeness (QED) is 0.198. The Morgan fingerprint density at radius 3 is 2.26 bits per heavy atom. The number of halogens is 1. The summed E-state index contributed by atoms with van der Waals surface area (Å²) in [5.74, 6) is 0.471. The van der Waals surface area contributed by atoms with E-state index >= 15 is 0 Å². The second-order valence-corrected chi connectivity index (χ2v) is 8.45. The Hall–Kier alpha value is -3.02. The molecule has 1 unspecified atom stereocenters. The summed E-state index contributed by atoms with van der Waals surface area (Å²) in [6.07, 6.45) is 1.45. The zero-order chi connectivity index (χ0) is 22.2. The third kappa shape index (κ3) is 6.48. The van der Waals surface area contributed by atoms with Gasteiger partial charge in [-0.05, 0) is 55.0 Å². The van der Waals surface area contributed by atoms with E-state index in [2.05, 4.69) is 4.99 Å². The molecule has 0 aliphatic carbocycles. The number of carbonyl (C=O) groups excluding carboxylic acids is 1. The highest BCUT2D eigenvalue weighted by Crippen LogP contribution is 2.25. The number of hydrogen-bond acceptors (Lipinski definition) is 5. The van der Waals surface area contributed by atoms with Gasteiger partial charge < -0.3 is 9.84 Å². The molecule has 0 saturated heterocycles. The highest BCUT2D eigenvalue weighted by Gasteiger charge is 2.17. The van der Waals surface area contributed by atoms with Crippen LogP contribution in [0.1, 0.15) is 22.8 Å². The smallest absolute Gasteiger partial charge is 0.175 e. The van der Waals surface area contributed by atoms with Gasteiger partial charge in [0.05, 0.1) is 23.1 Å². The summed E-state index contributed by atoms with van der Waals surface area (Å²) in [7, 11) is 1.59. The van der Waals surface area contributed by atoms with Gasteiger partial charge in [-0.3, -0.25) is 4.79 Å². The van der Waals surface area contributed by atoms with E-state index < -0.39 is 5.25 Å². The molecule has 0 amide bonds. The van der Waals surface area contributed by atoms with Crippen molar-refractivity contribution in [2.45, 2.75) is 12.2 Å². The van der Waals surface area contributed by atoms with Gasteiger partial charge in [-0.25, -0.2) is 4.99 Å². The fraction of sp³-hybridized carbons (Fsp3) is 0.120. The maximum atomic E-state index is 12.8. The number of nitrogens with zero attached hydrogens (tertiary/aromatic N) is 1. The van der Waals surface area contributed by atoms with Crippen LogP contribution in [0.5, 0.6) is 5.75 Å². The summed E-state index contributed by atoms with van der Waals surface area (Å²) in [6, 6.07) is 22.9. The predicted molar refractivity (Wildman–Crippen MR) is 127 cm³/mol. The van der Waals surface area contributed by atoms with E-state index in [-0.39, 0.29) is 11.5 Å². The van der Waals surface area contributed by atoms with Crippen LogP contribution in [0.15, 0.2) is 89.9 Å². The molecule has 0 bridgehead atoms. The highest BCUT2D eigenvalue weighted by molar-refractivity contribution is 8.15. The molecule has 1 atom stereocenters. The minimum absolute atomic E-state index is 0.0274. The lowest BCUT2D eigenvalue weighted by molar-refractivity contribution is -0.243. The van der Waals surface area contributed by atoms with Crippen LogP contribution in [0.3, 0.4) is 0 Å². The molecule has 3 aromatic carbocycles. The number of aliphatic imine (C=N–C) groups is 1. The number of rotatable bonds is 7. The van der Waals surface area contributed by atoms with Crippen molar-refractivity contribution in [3.8, 4) is 5.75 Å². The van der Waals surface area contributed by atoms with Gasteiger partial charge in [-0.2, -0.15) is 0 Å². The minimum Gasteiger partial charge on any atom is -0.872 e. The van der Waals surface area contributed by atoms with Gasteiger partial charge in [0, 0.05) is 10.6 Å². The first kappa shape index (κ1) is 22.7. The lowest BCUT2D eigenvalue weighted by Gasteiger charge is -2.15. The molecule has 3 rings (SSSR count).